The minimum absolute atomic E-state index is 0.693. The molecule has 1 saturated carbocycles. The van der Waals surface area contributed by atoms with Crippen LogP contribution in [0.4, 0.5) is 0 Å². The van der Waals surface area contributed by atoms with E-state index in [1.165, 1.54) is 38.5 Å². The molecule has 0 aromatic rings. The maximum Gasteiger partial charge on any atom is -0.0326 e. The van der Waals surface area contributed by atoms with Crippen LogP contribution in [0.25, 0.3) is 0 Å². The summed E-state index contributed by atoms with van der Waals surface area (Å²) in [6.07, 6.45) is 8.70. The molecule has 2 atom stereocenters. The van der Waals surface area contributed by atoms with Gasteiger partial charge in [-0.15, -0.1) is 0 Å². The molecule has 0 aromatic heterocycles. The zero-order valence-corrected chi connectivity index (χ0v) is 8.32. The second-order valence-corrected chi connectivity index (χ2v) is 4.53. The third kappa shape index (κ3) is 2.21. The zero-order valence-electron chi connectivity index (χ0n) is 8.32. The Kier molecular flexibility index (Phi) is 2.98. The molecule has 2 unspecified atom stereocenters. The molecule has 0 heterocycles. The van der Waals surface area contributed by atoms with Crippen molar-refractivity contribution in [2.24, 2.45) is 11.3 Å². The Hall–Kier alpha value is 0. The average Bonchev–Trinajstić information content (AvgIpc) is 2.05. The Bertz CT molecular complexity index is 117. The van der Waals surface area contributed by atoms with Crippen LogP contribution < -0.4 is 0 Å². The molecule has 0 heteroatoms. The molecule has 66 valence electrons. The highest BCUT2D eigenvalue weighted by atomic mass is 14.3. The van der Waals surface area contributed by atoms with Crippen molar-refractivity contribution in [3.63, 3.8) is 0 Å². The van der Waals surface area contributed by atoms with Gasteiger partial charge in [0.25, 0.3) is 0 Å². The van der Waals surface area contributed by atoms with Crippen LogP contribution in [0.3, 0.4) is 0 Å². The van der Waals surface area contributed by atoms with E-state index in [1.807, 2.05) is 0 Å². The molecular weight excluding hydrogens is 132 g/mol. The van der Waals surface area contributed by atoms with Crippen molar-refractivity contribution in [3.8, 4) is 0 Å². The minimum atomic E-state index is 0.693. The van der Waals surface area contributed by atoms with Gasteiger partial charge in [0, 0.05) is 0 Å². The summed E-state index contributed by atoms with van der Waals surface area (Å²) in [6, 6.07) is 0. The van der Waals surface area contributed by atoms with Crippen LogP contribution in [-0.2, 0) is 0 Å². The van der Waals surface area contributed by atoms with Gasteiger partial charge in [-0.2, -0.15) is 0 Å². The first-order chi connectivity index (χ1) is 5.20. The lowest BCUT2D eigenvalue weighted by Crippen LogP contribution is -2.24. The Morgan fingerprint density at radius 3 is 2.64 bits per heavy atom. The van der Waals surface area contributed by atoms with E-state index in [4.69, 9.17) is 0 Å². The summed E-state index contributed by atoms with van der Waals surface area (Å²) in [6.45, 7) is 7.15. The molecule has 0 aromatic carbocycles. The van der Waals surface area contributed by atoms with E-state index < -0.39 is 0 Å². The summed E-state index contributed by atoms with van der Waals surface area (Å²) < 4.78 is 0. The molecule has 0 amide bonds. The average molecular weight is 154 g/mol. The van der Waals surface area contributed by atoms with Gasteiger partial charge in [0.1, 0.15) is 0 Å². The first kappa shape index (κ1) is 9.09. The quantitative estimate of drug-likeness (QED) is 0.564. The van der Waals surface area contributed by atoms with Gasteiger partial charge in [0.2, 0.25) is 0 Å². The minimum Gasteiger partial charge on any atom is -0.0651 e. The summed E-state index contributed by atoms with van der Waals surface area (Å²) in [5.41, 5.74) is 0.693. The number of hydrogen-bond acceptors (Lipinski definition) is 0. The van der Waals surface area contributed by atoms with Crippen molar-refractivity contribution in [2.75, 3.05) is 0 Å². The number of hydrogen-bond donors (Lipinski definition) is 0. The molecule has 11 heavy (non-hydrogen) atoms. The fourth-order valence-corrected chi connectivity index (χ4v) is 2.39. The topological polar surface area (TPSA) is 0 Å². The van der Waals surface area contributed by atoms with Crippen molar-refractivity contribution in [1.29, 1.82) is 0 Å². The lowest BCUT2D eigenvalue weighted by atomic mass is 9.69. The first-order valence-electron chi connectivity index (χ1n) is 5.20. The molecule has 1 fully saturated rings. The highest BCUT2D eigenvalue weighted by molar-refractivity contribution is 4.81. The summed E-state index contributed by atoms with van der Waals surface area (Å²) >= 11 is 0. The summed E-state index contributed by atoms with van der Waals surface area (Å²) in [7, 11) is 0. The maximum atomic E-state index is 2.47. The SMILES string of the molecule is CCC1CCCC(C)(CC)C1. The second kappa shape index (κ2) is 3.60. The molecule has 0 N–H and O–H groups in total. The molecule has 1 rings (SSSR count). The summed E-state index contributed by atoms with van der Waals surface area (Å²) in [5.74, 6) is 1.04. The molecule has 0 spiro atoms. The van der Waals surface area contributed by atoms with Gasteiger partial charge in [-0.3, -0.25) is 0 Å². The van der Waals surface area contributed by atoms with Crippen LogP contribution in [0.2, 0.25) is 0 Å². The van der Waals surface area contributed by atoms with E-state index in [-0.39, 0.29) is 0 Å². The normalized spacial score (nSPS) is 39.0. The predicted octanol–water partition coefficient (Wildman–Crippen LogP) is 4.00. The van der Waals surface area contributed by atoms with Gasteiger partial charge in [0.15, 0.2) is 0 Å². The van der Waals surface area contributed by atoms with Gasteiger partial charge in [0.05, 0.1) is 0 Å². The van der Waals surface area contributed by atoms with Crippen molar-refractivity contribution in [2.45, 2.75) is 59.3 Å². The van der Waals surface area contributed by atoms with E-state index in [1.54, 1.807) is 0 Å². The van der Waals surface area contributed by atoms with Crippen LogP contribution in [0.1, 0.15) is 59.3 Å². The monoisotopic (exact) mass is 154 g/mol. The summed E-state index contributed by atoms with van der Waals surface area (Å²) in [4.78, 5) is 0. The van der Waals surface area contributed by atoms with Crippen LogP contribution in [0, 0.1) is 11.3 Å². The number of rotatable bonds is 2. The van der Waals surface area contributed by atoms with E-state index >= 15 is 0 Å². The molecule has 0 nitrogen and oxygen atoms in total. The van der Waals surface area contributed by atoms with Crippen LogP contribution >= 0.6 is 0 Å². The van der Waals surface area contributed by atoms with Gasteiger partial charge in [-0.1, -0.05) is 46.5 Å². The first-order valence-corrected chi connectivity index (χ1v) is 5.20. The van der Waals surface area contributed by atoms with Gasteiger partial charge >= 0.3 is 0 Å². The molecular formula is C11H22. The van der Waals surface area contributed by atoms with Crippen LogP contribution in [-0.4, -0.2) is 0 Å². The van der Waals surface area contributed by atoms with Gasteiger partial charge in [-0.05, 0) is 24.2 Å². The maximum absolute atomic E-state index is 2.47. The third-order valence-electron chi connectivity index (χ3n) is 3.61. The molecule has 0 saturated heterocycles. The lowest BCUT2D eigenvalue weighted by Gasteiger charge is -2.37. The van der Waals surface area contributed by atoms with Crippen molar-refractivity contribution in [1.82, 2.24) is 0 Å². The van der Waals surface area contributed by atoms with Crippen molar-refractivity contribution in [3.05, 3.63) is 0 Å². The Labute approximate surface area is 71.4 Å². The smallest absolute Gasteiger partial charge is 0.0326 e. The fraction of sp³-hybridized carbons (Fsp3) is 1.00. The Morgan fingerprint density at radius 2 is 2.09 bits per heavy atom. The second-order valence-electron chi connectivity index (χ2n) is 4.53. The van der Waals surface area contributed by atoms with E-state index in [2.05, 4.69) is 20.8 Å². The molecule has 0 radical (unpaired) electrons. The molecule has 1 aliphatic rings. The molecule has 0 aliphatic heterocycles. The Balaban J connectivity index is 2.44. The largest absolute Gasteiger partial charge is 0.0651 e. The third-order valence-corrected chi connectivity index (χ3v) is 3.61. The summed E-state index contributed by atoms with van der Waals surface area (Å²) in [5, 5.41) is 0. The highest BCUT2D eigenvalue weighted by Crippen LogP contribution is 2.42. The lowest BCUT2D eigenvalue weighted by molar-refractivity contribution is 0.150. The van der Waals surface area contributed by atoms with Gasteiger partial charge in [-0.25, -0.2) is 0 Å². The zero-order chi connectivity index (χ0) is 8.32. The standard InChI is InChI=1S/C11H22/c1-4-10-7-6-8-11(3,5-2)9-10/h10H,4-9H2,1-3H3. The molecule has 0 bridgehead atoms. The van der Waals surface area contributed by atoms with E-state index in [0.717, 1.165) is 5.92 Å². The van der Waals surface area contributed by atoms with E-state index in [0.29, 0.717) is 5.41 Å². The highest BCUT2D eigenvalue weighted by Gasteiger charge is 2.29. The van der Waals surface area contributed by atoms with Crippen molar-refractivity contribution >= 4 is 0 Å². The van der Waals surface area contributed by atoms with E-state index in [9.17, 15) is 0 Å². The van der Waals surface area contributed by atoms with Crippen LogP contribution in [0.15, 0.2) is 0 Å². The predicted molar refractivity (Wildman–Crippen MR) is 50.6 cm³/mol. The van der Waals surface area contributed by atoms with Crippen molar-refractivity contribution < 1.29 is 0 Å². The fourth-order valence-electron chi connectivity index (χ4n) is 2.39. The molecule has 1 aliphatic carbocycles. The van der Waals surface area contributed by atoms with Crippen LogP contribution in [0.5, 0.6) is 0 Å². The van der Waals surface area contributed by atoms with Gasteiger partial charge < -0.3 is 0 Å². The Morgan fingerprint density at radius 1 is 1.36 bits per heavy atom.